The number of hydrogen-bond acceptors (Lipinski definition) is 5. The van der Waals surface area contributed by atoms with E-state index in [-0.39, 0.29) is 0 Å². The topological polar surface area (TPSA) is 64.9 Å². The summed E-state index contributed by atoms with van der Waals surface area (Å²) in [7, 11) is 1.84. The summed E-state index contributed by atoms with van der Waals surface area (Å²) < 4.78 is 7.19. The smallest absolute Gasteiger partial charge is 0.238 e. The van der Waals surface area contributed by atoms with E-state index in [1.54, 1.807) is 29.5 Å². The maximum atomic E-state index is 5.51. The fraction of sp³-hybridized carbons (Fsp3) is 0.417. The highest BCUT2D eigenvalue weighted by atomic mass is 16.5. The minimum atomic E-state index is 0.484. The van der Waals surface area contributed by atoms with Gasteiger partial charge >= 0.3 is 0 Å². The lowest BCUT2D eigenvalue weighted by Gasteiger charge is -2.03. The van der Waals surface area contributed by atoms with Crippen molar-refractivity contribution in [1.82, 2.24) is 25.1 Å². The molecule has 6 heteroatoms. The van der Waals surface area contributed by atoms with E-state index in [9.17, 15) is 0 Å². The van der Waals surface area contributed by atoms with Gasteiger partial charge in [0, 0.05) is 19.6 Å². The quantitative estimate of drug-likeness (QED) is 0.859. The summed E-state index contributed by atoms with van der Waals surface area (Å²) in [6.07, 6.45) is 9.34. The van der Waals surface area contributed by atoms with E-state index in [1.807, 2.05) is 7.05 Å². The number of rotatable bonds is 5. The first-order chi connectivity index (χ1) is 8.79. The Hall–Kier alpha value is -1.95. The van der Waals surface area contributed by atoms with Gasteiger partial charge < -0.3 is 10.1 Å². The number of aromatic nitrogens is 4. The van der Waals surface area contributed by atoms with Crippen LogP contribution in [0.15, 0.2) is 24.8 Å². The fourth-order valence-corrected chi connectivity index (χ4v) is 1.60. The summed E-state index contributed by atoms with van der Waals surface area (Å²) in [5.74, 6) is 1.15. The van der Waals surface area contributed by atoms with Crippen LogP contribution < -0.4 is 10.1 Å². The van der Waals surface area contributed by atoms with Gasteiger partial charge in [0.1, 0.15) is 0 Å². The molecule has 2 aromatic heterocycles. The van der Waals surface area contributed by atoms with Crippen molar-refractivity contribution in [3.05, 3.63) is 30.5 Å². The second-order valence-corrected chi connectivity index (χ2v) is 4.45. The van der Waals surface area contributed by atoms with Crippen LogP contribution in [0.5, 0.6) is 11.6 Å². The van der Waals surface area contributed by atoms with E-state index in [2.05, 4.69) is 20.4 Å². The molecule has 0 unspecified atom stereocenters. The van der Waals surface area contributed by atoms with Gasteiger partial charge in [0.05, 0.1) is 30.5 Å². The highest BCUT2D eigenvalue weighted by molar-refractivity contribution is 5.19. The molecule has 0 aromatic carbocycles. The van der Waals surface area contributed by atoms with Crippen molar-refractivity contribution >= 4 is 0 Å². The van der Waals surface area contributed by atoms with Gasteiger partial charge in [-0.05, 0) is 12.8 Å². The van der Waals surface area contributed by atoms with Crippen molar-refractivity contribution in [3.8, 4) is 11.6 Å². The standard InChI is InChI=1S/C12H15N5O/c1-17-8-11(6-16-17)18-12-7-14-10(5-15-12)4-13-9-2-3-9/h5-9,13H,2-4H2,1H3. The lowest BCUT2D eigenvalue weighted by Crippen LogP contribution is -2.16. The molecule has 0 atom stereocenters. The molecule has 1 aliphatic rings. The Morgan fingerprint density at radius 2 is 2.22 bits per heavy atom. The first-order valence-electron chi connectivity index (χ1n) is 6.00. The predicted molar refractivity (Wildman–Crippen MR) is 65.2 cm³/mol. The lowest BCUT2D eigenvalue weighted by molar-refractivity contribution is 0.458. The summed E-state index contributed by atoms with van der Waals surface area (Å²) in [6.45, 7) is 0.769. The molecule has 0 spiro atoms. The van der Waals surface area contributed by atoms with Crippen molar-refractivity contribution in [3.63, 3.8) is 0 Å². The fourth-order valence-electron chi connectivity index (χ4n) is 1.60. The van der Waals surface area contributed by atoms with Gasteiger partial charge in [0.2, 0.25) is 5.88 Å². The number of nitrogens with zero attached hydrogens (tertiary/aromatic N) is 4. The summed E-state index contributed by atoms with van der Waals surface area (Å²) >= 11 is 0. The Morgan fingerprint density at radius 1 is 1.33 bits per heavy atom. The molecule has 0 amide bonds. The number of aryl methyl sites for hydroxylation is 1. The zero-order valence-electron chi connectivity index (χ0n) is 10.2. The van der Waals surface area contributed by atoms with Crippen LogP contribution in [0.4, 0.5) is 0 Å². The molecule has 18 heavy (non-hydrogen) atoms. The normalized spacial score (nSPS) is 14.7. The zero-order chi connectivity index (χ0) is 12.4. The van der Waals surface area contributed by atoms with Crippen LogP contribution in [0.1, 0.15) is 18.5 Å². The second kappa shape index (κ2) is 4.73. The third-order valence-corrected chi connectivity index (χ3v) is 2.73. The molecule has 1 fully saturated rings. The Kier molecular flexibility index (Phi) is 2.93. The van der Waals surface area contributed by atoms with E-state index < -0.39 is 0 Å². The molecule has 2 aromatic rings. The van der Waals surface area contributed by atoms with Gasteiger partial charge in [-0.25, -0.2) is 4.98 Å². The first kappa shape index (κ1) is 11.2. The van der Waals surface area contributed by atoms with Crippen molar-refractivity contribution in [2.24, 2.45) is 7.05 Å². The SMILES string of the molecule is Cn1cc(Oc2cnc(CNC3CC3)cn2)cn1. The van der Waals surface area contributed by atoms with Crippen LogP contribution in [0.2, 0.25) is 0 Å². The van der Waals surface area contributed by atoms with Crippen molar-refractivity contribution in [1.29, 1.82) is 0 Å². The molecule has 1 N–H and O–H groups in total. The van der Waals surface area contributed by atoms with Crippen molar-refractivity contribution in [2.45, 2.75) is 25.4 Å². The van der Waals surface area contributed by atoms with E-state index in [1.165, 1.54) is 12.8 Å². The third-order valence-electron chi connectivity index (χ3n) is 2.73. The molecule has 0 bridgehead atoms. The average Bonchev–Trinajstić information content (AvgIpc) is 3.12. The van der Waals surface area contributed by atoms with E-state index in [0.717, 1.165) is 12.2 Å². The number of hydrogen-bond donors (Lipinski definition) is 1. The Balaban J connectivity index is 1.59. The molecule has 1 saturated carbocycles. The molecule has 0 aliphatic heterocycles. The molecule has 0 radical (unpaired) electrons. The van der Waals surface area contributed by atoms with Crippen LogP contribution in [0.3, 0.4) is 0 Å². The Morgan fingerprint density at radius 3 is 2.83 bits per heavy atom. The van der Waals surface area contributed by atoms with Gasteiger partial charge in [-0.3, -0.25) is 9.67 Å². The van der Waals surface area contributed by atoms with Crippen LogP contribution in [0.25, 0.3) is 0 Å². The summed E-state index contributed by atoms with van der Waals surface area (Å²) in [5, 5.41) is 7.41. The van der Waals surface area contributed by atoms with E-state index in [0.29, 0.717) is 17.7 Å². The minimum absolute atomic E-state index is 0.484. The van der Waals surface area contributed by atoms with Gasteiger partial charge in [0.25, 0.3) is 0 Å². The van der Waals surface area contributed by atoms with Crippen LogP contribution in [-0.4, -0.2) is 25.8 Å². The molecule has 6 nitrogen and oxygen atoms in total. The maximum Gasteiger partial charge on any atom is 0.238 e. The van der Waals surface area contributed by atoms with Crippen molar-refractivity contribution < 1.29 is 4.74 Å². The second-order valence-electron chi connectivity index (χ2n) is 4.45. The Bertz CT molecular complexity index is 518. The van der Waals surface area contributed by atoms with Gasteiger partial charge in [-0.1, -0.05) is 0 Å². The van der Waals surface area contributed by atoms with Crippen LogP contribution in [0, 0.1) is 0 Å². The molecular formula is C12H15N5O. The summed E-state index contributed by atoms with van der Waals surface area (Å²) in [5.41, 5.74) is 0.931. The van der Waals surface area contributed by atoms with Gasteiger partial charge in [-0.15, -0.1) is 0 Å². The molecule has 94 valence electrons. The Labute approximate surface area is 105 Å². The predicted octanol–water partition coefficient (Wildman–Crippen LogP) is 1.25. The van der Waals surface area contributed by atoms with Crippen LogP contribution >= 0.6 is 0 Å². The van der Waals surface area contributed by atoms with Gasteiger partial charge in [0.15, 0.2) is 5.75 Å². The molecule has 3 rings (SSSR count). The monoisotopic (exact) mass is 245 g/mol. The maximum absolute atomic E-state index is 5.51. The number of nitrogens with one attached hydrogen (secondary N) is 1. The van der Waals surface area contributed by atoms with E-state index >= 15 is 0 Å². The zero-order valence-corrected chi connectivity index (χ0v) is 10.2. The molecule has 0 saturated heterocycles. The molecular weight excluding hydrogens is 230 g/mol. The largest absolute Gasteiger partial charge is 0.434 e. The highest BCUT2D eigenvalue weighted by Crippen LogP contribution is 2.19. The minimum Gasteiger partial charge on any atom is -0.434 e. The van der Waals surface area contributed by atoms with Crippen LogP contribution in [-0.2, 0) is 13.6 Å². The summed E-state index contributed by atoms with van der Waals surface area (Å²) in [4.78, 5) is 8.52. The molecule has 1 aliphatic carbocycles. The summed E-state index contributed by atoms with van der Waals surface area (Å²) in [6, 6.07) is 0.679. The number of ether oxygens (including phenoxy) is 1. The third kappa shape index (κ3) is 2.84. The lowest BCUT2D eigenvalue weighted by atomic mass is 10.4. The highest BCUT2D eigenvalue weighted by Gasteiger charge is 2.20. The van der Waals surface area contributed by atoms with E-state index in [4.69, 9.17) is 4.74 Å². The first-order valence-corrected chi connectivity index (χ1v) is 6.00. The van der Waals surface area contributed by atoms with Gasteiger partial charge in [-0.2, -0.15) is 5.10 Å². The van der Waals surface area contributed by atoms with Crippen molar-refractivity contribution in [2.75, 3.05) is 0 Å². The molecule has 2 heterocycles. The average molecular weight is 245 g/mol.